The SMILES string of the molecule is C=CCc1cccc(C(C)C)c1NS(=O)(=O)CCC. The lowest BCUT2D eigenvalue weighted by atomic mass is 9.97. The smallest absolute Gasteiger partial charge is 0.232 e. The minimum atomic E-state index is -3.27. The van der Waals surface area contributed by atoms with Crippen LogP contribution in [0.15, 0.2) is 30.9 Å². The van der Waals surface area contributed by atoms with Crippen molar-refractivity contribution in [2.45, 2.75) is 39.5 Å². The summed E-state index contributed by atoms with van der Waals surface area (Å²) in [6, 6.07) is 5.88. The number of allylic oxidation sites excluding steroid dienone is 1. The molecule has 0 bridgehead atoms. The molecule has 0 saturated heterocycles. The van der Waals surface area contributed by atoms with Crippen LogP contribution in [0.1, 0.15) is 44.2 Å². The highest BCUT2D eigenvalue weighted by atomic mass is 32.2. The molecule has 0 amide bonds. The van der Waals surface area contributed by atoms with Gasteiger partial charge in [-0.15, -0.1) is 6.58 Å². The van der Waals surface area contributed by atoms with Gasteiger partial charge in [-0.25, -0.2) is 8.42 Å². The molecule has 4 heteroatoms. The van der Waals surface area contributed by atoms with Gasteiger partial charge in [-0.05, 0) is 29.9 Å². The van der Waals surface area contributed by atoms with E-state index in [1.807, 2.05) is 25.1 Å². The molecule has 1 rings (SSSR count). The fraction of sp³-hybridized carbons (Fsp3) is 0.467. The lowest BCUT2D eigenvalue weighted by Crippen LogP contribution is -2.18. The zero-order chi connectivity index (χ0) is 14.5. The van der Waals surface area contributed by atoms with Crippen molar-refractivity contribution in [1.82, 2.24) is 0 Å². The van der Waals surface area contributed by atoms with E-state index in [1.165, 1.54) is 0 Å². The van der Waals surface area contributed by atoms with Crippen molar-refractivity contribution in [3.63, 3.8) is 0 Å². The van der Waals surface area contributed by atoms with Gasteiger partial charge in [-0.1, -0.05) is 45.0 Å². The Bertz CT molecular complexity index is 533. The van der Waals surface area contributed by atoms with Gasteiger partial charge in [-0.3, -0.25) is 4.72 Å². The molecule has 19 heavy (non-hydrogen) atoms. The van der Waals surface area contributed by atoms with Gasteiger partial charge in [0.15, 0.2) is 0 Å². The number of benzene rings is 1. The molecule has 0 spiro atoms. The summed E-state index contributed by atoms with van der Waals surface area (Å²) in [7, 11) is -3.27. The minimum absolute atomic E-state index is 0.146. The lowest BCUT2D eigenvalue weighted by molar-refractivity contribution is 0.599. The van der Waals surface area contributed by atoms with Crippen LogP contribution in [0.2, 0.25) is 0 Å². The largest absolute Gasteiger partial charge is 0.283 e. The summed E-state index contributed by atoms with van der Waals surface area (Å²) in [4.78, 5) is 0. The van der Waals surface area contributed by atoms with Crippen molar-refractivity contribution >= 4 is 15.7 Å². The van der Waals surface area contributed by atoms with Gasteiger partial charge in [-0.2, -0.15) is 0 Å². The monoisotopic (exact) mass is 281 g/mol. The number of anilines is 1. The van der Waals surface area contributed by atoms with Gasteiger partial charge in [0.2, 0.25) is 10.0 Å². The Kier molecular flexibility index (Phi) is 5.60. The quantitative estimate of drug-likeness (QED) is 0.775. The Balaban J connectivity index is 3.25. The number of para-hydroxylation sites is 1. The molecule has 106 valence electrons. The highest BCUT2D eigenvalue weighted by Crippen LogP contribution is 2.29. The maximum absolute atomic E-state index is 12.0. The number of nitrogens with one attached hydrogen (secondary N) is 1. The predicted octanol–water partition coefficient (Wildman–Crippen LogP) is 3.69. The van der Waals surface area contributed by atoms with E-state index in [0.29, 0.717) is 12.8 Å². The molecule has 0 radical (unpaired) electrons. The highest BCUT2D eigenvalue weighted by Gasteiger charge is 2.16. The van der Waals surface area contributed by atoms with Crippen molar-refractivity contribution in [1.29, 1.82) is 0 Å². The average molecular weight is 281 g/mol. The summed E-state index contributed by atoms with van der Waals surface area (Å²) in [6.07, 6.45) is 3.05. The highest BCUT2D eigenvalue weighted by molar-refractivity contribution is 7.92. The van der Waals surface area contributed by atoms with Gasteiger partial charge in [0.05, 0.1) is 11.4 Å². The topological polar surface area (TPSA) is 46.2 Å². The second-order valence-corrected chi connectivity index (χ2v) is 6.79. The fourth-order valence-corrected chi connectivity index (χ4v) is 3.23. The standard InChI is InChI=1S/C15H23NO2S/c1-5-8-13-9-7-10-14(12(3)4)15(13)16-19(17,18)11-6-2/h5,7,9-10,12,16H,1,6,8,11H2,2-4H3. The number of hydrogen-bond acceptors (Lipinski definition) is 2. The molecule has 1 aromatic carbocycles. The van der Waals surface area contributed by atoms with Crippen LogP contribution in [0.3, 0.4) is 0 Å². The number of sulfonamides is 1. The van der Waals surface area contributed by atoms with E-state index < -0.39 is 10.0 Å². The van der Waals surface area contributed by atoms with Gasteiger partial charge in [0, 0.05) is 0 Å². The first kappa shape index (κ1) is 15.8. The molecule has 0 aliphatic rings. The van der Waals surface area contributed by atoms with Crippen LogP contribution in [-0.4, -0.2) is 14.2 Å². The molecule has 1 N–H and O–H groups in total. The van der Waals surface area contributed by atoms with E-state index in [2.05, 4.69) is 25.1 Å². The number of hydrogen-bond donors (Lipinski definition) is 1. The minimum Gasteiger partial charge on any atom is -0.283 e. The fourth-order valence-electron chi connectivity index (χ4n) is 2.03. The summed E-state index contributed by atoms with van der Waals surface area (Å²) < 4.78 is 26.7. The molecule has 1 aromatic rings. The van der Waals surface area contributed by atoms with Crippen molar-refractivity contribution in [3.8, 4) is 0 Å². The van der Waals surface area contributed by atoms with Crippen molar-refractivity contribution < 1.29 is 8.42 Å². The first-order chi connectivity index (χ1) is 8.91. The molecule has 0 unspecified atom stereocenters. The van der Waals surface area contributed by atoms with E-state index in [0.717, 1.165) is 16.8 Å². The lowest BCUT2D eigenvalue weighted by Gasteiger charge is -2.18. The molecular formula is C15H23NO2S. The molecule has 0 fully saturated rings. The first-order valence-electron chi connectivity index (χ1n) is 6.64. The Morgan fingerprint density at radius 2 is 2.05 bits per heavy atom. The molecule has 0 saturated carbocycles. The molecule has 0 atom stereocenters. The van der Waals surface area contributed by atoms with Gasteiger partial charge < -0.3 is 0 Å². The van der Waals surface area contributed by atoms with Gasteiger partial charge in [0.25, 0.3) is 0 Å². The van der Waals surface area contributed by atoms with Gasteiger partial charge in [0.1, 0.15) is 0 Å². The summed E-state index contributed by atoms with van der Waals surface area (Å²) >= 11 is 0. The Hall–Kier alpha value is -1.29. The van der Waals surface area contributed by atoms with Crippen LogP contribution in [-0.2, 0) is 16.4 Å². The van der Waals surface area contributed by atoms with Crippen molar-refractivity contribution in [2.24, 2.45) is 0 Å². The second-order valence-electron chi connectivity index (χ2n) is 4.95. The summed E-state index contributed by atoms with van der Waals surface area (Å²) in [5.74, 6) is 0.413. The summed E-state index contributed by atoms with van der Waals surface area (Å²) in [6.45, 7) is 9.71. The Labute approximate surface area is 116 Å². The maximum Gasteiger partial charge on any atom is 0.232 e. The van der Waals surface area contributed by atoms with Crippen LogP contribution in [0.4, 0.5) is 5.69 Å². The van der Waals surface area contributed by atoms with Crippen LogP contribution in [0, 0.1) is 0 Å². The molecule has 3 nitrogen and oxygen atoms in total. The van der Waals surface area contributed by atoms with E-state index >= 15 is 0 Å². The summed E-state index contributed by atoms with van der Waals surface area (Å²) in [5.41, 5.74) is 2.73. The normalized spacial score (nSPS) is 11.6. The van der Waals surface area contributed by atoms with E-state index in [1.54, 1.807) is 6.08 Å². The predicted molar refractivity (Wildman–Crippen MR) is 82.1 cm³/mol. The molecule has 0 aliphatic heterocycles. The van der Waals surface area contributed by atoms with Gasteiger partial charge >= 0.3 is 0 Å². The van der Waals surface area contributed by atoms with Crippen LogP contribution in [0.25, 0.3) is 0 Å². The van der Waals surface area contributed by atoms with Crippen LogP contribution in [0.5, 0.6) is 0 Å². The van der Waals surface area contributed by atoms with Crippen LogP contribution < -0.4 is 4.72 Å². The Morgan fingerprint density at radius 1 is 1.37 bits per heavy atom. The van der Waals surface area contributed by atoms with E-state index in [4.69, 9.17) is 0 Å². The first-order valence-corrected chi connectivity index (χ1v) is 8.29. The molecule has 0 aliphatic carbocycles. The summed E-state index contributed by atoms with van der Waals surface area (Å²) in [5, 5.41) is 0. The second kappa shape index (κ2) is 6.75. The average Bonchev–Trinajstić information content (AvgIpc) is 2.30. The number of rotatable bonds is 7. The zero-order valence-corrected chi connectivity index (χ0v) is 12.8. The molecule has 0 heterocycles. The third-order valence-corrected chi connectivity index (χ3v) is 4.36. The van der Waals surface area contributed by atoms with Crippen molar-refractivity contribution in [3.05, 3.63) is 42.0 Å². The maximum atomic E-state index is 12.0. The van der Waals surface area contributed by atoms with E-state index in [9.17, 15) is 8.42 Å². The third kappa shape index (κ3) is 4.39. The van der Waals surface area contributed by atoms with Crippen LogP contribution >= 0.6 is 0 Å². The Morgan fingerprint density at radius 3 is 2.58 bits per heavy atom. The molecular weight excluding hydrogens is 258 g/mol. The van der Waals surface area contributed by atoms with E-state index in [-0.39, 0.29) is 11.7 Å². The zero-order valence-electron chi connectivity index (χ0n) is 11.9. The molecule has 0 aromatic heterocycles. The third-order valence-electron chi connectivity index (χ3n) is 2.90. The van der Waals surface area contributed by atoms with Crippen molar-refractivity contribution in [2.75, 3.05) is 10.5 Å².